The van der Waals surface area contributed by atoms with Crippen LogP contribution >= 0.6 is 15.9 Å². The summed E-state index contributed by atoms with van der Waals surface area (Å²) < 4.78 is 6.59. The fourth-order valence-corrected chi connectivity index (χ4v) is 2.08. The number of nitrogens with one attached hydrogen (secondary N) is 2. The van der Waals surface area contributed by atoms with Crippen LogP contribution in [-0.2, 0) is 4.79 Å². The molecule has 0 saturated heterocycles. The second kappa shape index (κ2) is 7.09. The van der Waals surface area contributed by atoms with E-state index in [2.05, 4.69) is 26.6 Å². The van der Waals surface area contributed by atoms with Crippen molar-refractivity contribution in [3.05, 3.63) is 28.2 Å². The lowest BCUT2D eigenvalue weighted by Crippen LogP contribution is -2.43. The van der Waals surface area contributed by atoms with Gasteiger partial charge < -0.3 is 15.4 Å². The quantitative estimate of drug-likeness (QED) is 0.864. The first-order chi connectivity index (χ1) is 9.23. The van der Waals surface area contributed by atoms with Gasteiger partial charge in [-0.2, -0.15) is 0 Å². The van der Waals surface area contributed by atoms with Crippen LogP contribution < -0.4 is 15.4 Å². The average molecular weight is 343 g/mol. The number of amides is 1. The van der Waals surface area contributed by atoms with E-state index in [0.717, 1.165) is 10.0 Å². The number of halogens is 1. The molecule has 5 heteroatoms. The maximum atomic E-state index is 11.8. The Hall–Kier alpha value is -1.07. The molecule has 0 saturated carbocycles. The summed E-state index contributed by atoms with van der Waals surface area (Å²) in [6.07, 6.45) is 0. The van der Waals surface area contributed by atoms with E-state index in [1.807, 2.05) is 52.9 Å². The monoisotopic (exact) mass is 342 g/mol. The van der Waals surface area contributed by atoms with Gasteiger partial charge >= 0.3 is 0 Å². The zero-order valence-electron chi connectivity index (χ0n) is 12.7. The molecule has 112 valence electrons. The summed E-state index contributed by atoms with van der Waals surface area (Å²) in [4.78, 5) is 11.8. The van der Waals surface area contributed by atoms with Crippen LogP contribution in [0.25, 0.3) is 0 Å². The van der Waals surface area contributed by atoms with E-state index in [-0.39, 0.29) is 24.1 Å². The van der Waals surface area contributed by atoms with Gasteiger partial charge in [0.05, 0.1) is 0 Å². The average Bonchev–Trinajstić information content (AvgIpc) is 2.33. The van der Waals surface area contributed by atoms with Crippen molar-refractivity contribution in [1.82, 2.24) is 10.6 Å². The standard InChI is InChI=1S/C15H23BrN2O2/c1-10(17-5)12-7-6-11(16)8-13(12)20-9-14(19)18-15(2,3)4/h6-8,10,17H,9H2,1-5H3,(H,18,19). The topological polar surface area (TPSA) is 50.4 Å². The molecule has 0 bridgehead atoms. The van der Waals surface area contributed by atoms with Crippen molar-refractivity contribution >= 4 is 21.8 Å². The molecule has 0 spiro atoms. The lowest BCUT2D eigenvalue weighted by atomic mass is 10.1. The van der Waals surface area contributed by atoms with Crippen LogP contribution in [0.2, 0.25) is 0 Å². The van der Waals surface area contributed by atoms with Crippen molar-refractivity contribution in [1.29, 1.82) is 0 Å². The van der Waals surface area contributed by atoms with Crippen LogP contribution in [0.4, 0.5) is 0 Å². The Morgan fingerprint density at radius 1 is 1.40 bits per heavy atom. The zero-order valence-corrected chi connectivity index (χ0v) is 14.3. The summed E-state index contributed by atoms with van der Waals surface area (Å²) in [7, 11) is 1.89. The van der Waals surface area contributed by atoms with E-state index in [1.165, 1.54) is 0 Å². The minimum absolute atomic E-state index is 0.0111. The van der Waals surface area contributed by atoms with Gasteiger partial charge in [0.15, 0.2) is 6.61 Å². The molecule has 1 amide bonds. The van der Waals surface area contributed by atoms with Gasteiger partial charge in [0, 0.05) is 21.6 Å². The third-order valence-corrected chi connectivity index (χ3v) is 3.24. The Labute approximate surface area is 129 Å². The fourth-order valence-electron chi connectivity index (χ4n) is 1.74. The molecule has 0 aliphatic rings. The lowest BCUT2D eigenvalue weighted by molar-refractivity contribution is -0.124. The number of carbonyl (C=O) groups is 1. The normalized spacial score (nSPS) is 12.9. The summed E-state index contributed by atoms with van der Waals surface area (Å²) in [5.74, 6) is 0.589. The van der Waals surface area contributed by atoms with Gasteiger partial charge in [0.2, 0.25) is 0 Å². The highest BCUT2D eigenvalue weighted by Gasteiger charge is 2.16. The fraction of sp³-hybridized carbons (Fsp3) is 0.533. The Kier molecular flexibility index (Phi) is 6.02. The van der Waals surface area contributed by atoms with E-state index < -0.39 is 0 Å². The molecular weight excluding hydrogens is 320 g/mol. The summed E-state index contributed by atoms with van der Waals surface area (Å²) in [5, 5.41) is 6.05. The predicted molar refractivity (Wildman–Crippen MR) is 85.0 cm³/mol. The molecular formula is C15H23BrN2O2. The van der Waals surface area contributed by atoms with Gasteiger partial charge in [-0.3, -0.25) is 4.79 Å². The first-order valence-corrected chi connectivity index (χ1v) is 7.43. The first kappa shape index (κ1) is 17.0. The Morgan fingerprint density at radius 3 is 2.60 bits per heavy atom. The number of carbonyl (C=O) groups excluding carboxylic acids is 1. The minimum atomic E-state index is -0.251. The minimum Gasteiger partial charge on any atom is -0.483 e. The van der Waals surface area contributed by atoms with Gasteiger partial charge in [-0.15, -0.1) is 0 Å². The van der Waals surface area contributed by atoms with Crippen LogP contribution in [0.15, 0.2) is 22.7 Å². The van der Waals surface area contributed by atoms with E-state index in [0.29, 0.717) is 5.75 Å². The van der Waals surface area contributed by atoms with E-state index in [1.54, 1.807) is 0 Å². The second-order valence-electron chi connectivity index (χ2n) is 5.78. The van der Waals surface area contributed by atoms with E-state index in [9.17, 15) is 4.79 Å². The lowest BCUT2D eigenvalue weighted by Gasteiger charge is -2.21. The summed E-state index contributed by atoms with van der Waals surface area (Å²) in [5.41, 5.74) is 0.776. The molecule has 1 unspecified atom stereocenters. The van der Waals surface area contributed by atoms with Crippen molar-refractivity contribution in [3.63, 3.8) is 0 Å². The van der Waals surface area contributed by atoms with Crippen LogP contribution in [-0.4, -0.2) is 25.1 Å². The molecule has 1 atom stereocenters. The number of hydrogen-bond donors (Lipinski definition) is 2. The third kappa shape index (κ3) is 5.51. The molecule has 0 radical (unpaired) electrons. The van der Waals surface area contributed by atoms with Crippen LogP contribution in [0.3, 0.4) is 0 Å². The Morgan fingerprint density at radius 2 is 2.05 bits per heavy atom. The summed E-state index contributed by atoms with van der Waals surface area (Å²) >= 11 is 3.42. The SMILES string of the molecule is CNC(C)c1ccc(Br)cc1OCC(=O)NC(C)(C)C. The molecule has 0 heterocycles. The van der Waals surface area contributed by atoms with Crippen molar-refractivity contribution in [2.75, 3.05) is 13.7 Å². The zero-order chi connectivity index (χ0) is 15.3. The van der Waals surface area contributed by atoms with Crippen LogP contribution in [0, 0.1) is 0 Å². The van der Waals surface area contributed by atoms with Crippen LogP contribution in [0.5, 0.6) is 5.75 Å². The van der Waals surface area contributed by atoms with Gasteiger partial charge in [-0.1, -0.05) is 22.0 Å². The summed E-state index contributed by atoms with van der Waals surface area (Å²) in [6.45, 7) is 7.89. The molecule has 1 aromatic carbocycles. The largest absolute Gasteiger partial charge is 0.483 e. The molecule has 1 aromatic rings. The Balaban J connectivity index is 2.76. The molecule has 0 aromatic heterocycles. The second-order valence-corrected chi connectivity index (χ2v) is 6.70. The molecule has 20 heavy (non-hydrogen) atoms. The van der Waals surface area contributed by atoms with Crippen molar-refractivity contribution in [2.45, 2.75) is 39.3 Å². The number of ether oxygens (including phenoxy) is 1. The maximum Gasteiger partial charge on any atom is 0.258 e. The number of rotatable bonds is 5. The molecule has 0 aliphatic carbocycles. The van der Waals surface area contributed by atoms with E-state index >= 15 is 0 Å². The third-order valence-electron chi connectivity index (χ3n) is 2.75. The van der Waals surface area contributed by atoms with Crippen molar-refractivity contribution in [3.8, 4) is 5.75 Å². The Bertz CT molecular complexity index is 469. The maximum absolute atomic E-state index is 11.8. The molecule has 4 nitrogen and oxygen atoms in total. The van der Waals surface area contributed by atoms with Gasteiger partial charge in [0.1, 0.15) is 5.75 Å². The van der Waals surface area contributed by atoms with Crippen molar-refractivity contribution < 1.29 is 9.53 Å². The van der Waals surface area contributed by atoms with Gasteiger partial charge in [0.25, 0.3) is 5.91 Å². The number of benzene rings is 1. The van der Waals surface area contributed by atoms with Crippen molar-refractivity contribution in [2.24, 2.45) is 0 Å². The molecule has 2 N–H and O–H groups in total. The molecule has 1 rings (SSSR count). The highest BCUT2D eigenvalue weighted by atomic mass is 79.9. The van der Waals surface area contributed by atoms with E-state index in [4.69, 9.17) is 4.74 Å². The van der Waals surface area contributed by atoms with Crippen LogP contribution in [0.1, 0.15) is 39.3 Å². The molecule has 0 fully saturated rings. The highest BCUT2D eigenvalue weighted by Crippen LogP contribution is 2.28. The summed E-state index contributed by atoms with van der Waals surface area (Å²) in [6, 6.07) is 5.99. The highest BCUT2D eigenvalue weighted by molar-refractivity contribution is 9.10. The first-order valence-electron chi connectivity index (χ1n) is 6.63. The van der Waals surface area contributed by atoms with Gasteiger partial charge in [-0.25, -0.2) is 0 Å². The molecule has 0 aliphatic heterocycles. The predicted octanol–water partition coefficient (Wildman–Crippen LogP) is 3.02. The number of hydrogen-bond acceptors (Lipinski definition) is 3. The smallest absolute Gasteiger partial charge is 0.258 e. The van der Waals surface area contributed by atoms with Gasteiger partial charge in [-0.05, 0) is 46.9 Å².